The van der Waals surface area contributed by atoms with Crippen molar-refractivity contribution in [3.63, 3.8) is 0 Å². The number of fused-ring (bicyclic) bond motifs is 1. The van der Waals surface area contributed by atoms with Gasteiger partial charge in [0.1, 0.15) is 0 Å². The lowest BCUT2D eigenvalue weighted by atomic mass is 10.1. The molecule has 3 rings (SSSR count). The monoisotopic (exact) mass is 411 g/mol. The Morgan fingerprint density at radius 3 is 2.87 bits per heavy atom. The maximum atomic E-state index is 12.5. The first kappa shape index (κ1) is 16.4. The van der Waals surface area contributed by atoms with Gasteiger partial charge in [-0.1, -0.05) is 11.6 Å². The van der Waals surface area contributed by atoms with Crippen molar-refractivity contribution in [3.8, 4) is 11.3 Å². The Morgan fingerprint density at radius 2 is 2.22 bits per heavy atom. The topological polar surface area (TPSA) is 81.7 Å². The van der Waals surface area contributed by atoms with Crippen molar-refractivity contribution in [2.75, 3.05) is 12.0 Å². The predicted octanol–water partition coefficient (Wildman–Crippen LogP) is 3.60. The number of halogens is 2. The van der Waals surface area contributed by atoms with Gasteiger partial charge in [0, 0.05) is 33.3 Å². The molecule has 1 atom stereocenters. The van der Waals surface area contributed by atoms with E-state index < -0.39 is 11.2 Å². The molecule has 2 aromatic heterocycles. The molecule has 118 valence electrons. The average molecular weight is 413 g/mol. The van der Waals surface area contributed by atoms with Crippen molar-refractivity contribution in [1.82, 2.24) is 15.0 Å². The molecule has 23 heavy (non-hydrogen) atoms. The van der Waals surface area contributed by atoms with Crippen LogP contribution in [-0.2, 0) is 11.2 Å². The molecule has 0 radical (unpaired) electrons. The van der Waals surface area contributed by atoms with E-state index in [4.69, 9.17) is 11.6 Å². The van der Waals surface area contributed by atoms with Crippen molar-refractivity contribution >= 4 is 55.4 Å². The summed E-state index contributed by atoms with van der Waals surface area (Å²) >= 11 is 8.33. The van der Waals surface area contributed by atoms with Crippen LogP contribution in [0, 0.1) is 0 Å². The van der Waals surface area contributed by atoms with Crippen molar-refractivity contribution in [2.24, 2.45) is 0 Å². The number of H-pyrrole nitrogens is 1. The van der Waals surface area contributed by atoms with E-state index in [0.717, 1.165) is 15.4 Å². The number of carbonyl (C=O) groups is 1. The first-order chi connectivity index (χ1) is 11.0. The van der Waals surface area contributed by atoms with E-state index in [-0.39, 0.29) is 11.5 Å². The first-order valence-electron chi connectivity index (χ1n) is 6.57. The number of aromatic amines is 1. The quantitative estimate of drug-likeness (QED) is 0.524. The number of hydrogen-bond acceptors (Lipinski definition) is 4. The molecule has 1 aromatic carbocycles. The molecule has 0 aliphatic carbocycles. The summed E-state index contributed by atoms with van der Waals surface area (Å²) in [5.74, 6) is -0.301. The maximum Gasteiger partial charge on any atom is 0.228 e. The van der Waals surface area contributed by atoms with E-state index in [2.05, 4.69) is 30.9 Å². The van der Waals surface area contributed by atoms with Gasteiger partial charge in [-0.15, -0.1) is 0 Å². The summed E-state index contributed by atoms with van der Waals surface area (Å²) < 4.78 is 12.1. The number of rotatable bonds is 4. The fourth-order valence-corrected chi connectivity index (χ4v) is 3.37. The van der Waals surface area contributed by atoms with Crippen molar-refractivity contribution < 1.29 is 9.35 Å². The fourth-order valence-electron chi connectivity index (χ4n) is 2.35. The van der Waals surface area contributed by atoms with Gasteiger partial charge >= 0.3 is 0 Å². The average Bonchev–Trinajstić information content (AvgIpc) is 2.86. The van der Waals surface area contributed by atoms with Crippen LogP contribution in [0.4, 0.5) is 0 Å². The van der Waals surface area contributed by atoms with Gasteiger partial charge in [0.05, 0.1) is 28.9 Å². The largest absolute Gasteiger partial charge is 0.616 e. The highest BCUT2D eigenvalue weighted by molar-refractivity contribution is 9.10. The molecule has 0 saturated carbocycles. The highest BCUT2D eigenvalue weighted by Crippen LogP contribution is 2.36. The third kappa shape index (κ3) is 3.28. The number of benzene rings is 1. The molecule has 0 spiro atoms. The highest BCUT2D eigenvalue weighted by atomic mass is 79.9. The van der Waals surface area contributed by atoms with Crippen LogP contribution in [0.2, 0.25) is 5.02 Å². The minimum Gasteiger partial charge on any atom is -0.616 e. The standard InChI is InChI=1S/C15H11BrClN3O2S/c1-23(22)7-13(21)15-14(12-6-18-2-3-19-12)8-4-10(17)9(16)5-11(8)20-15/h2-6,20H,7H2,1H3. The van der Waals surface area contributed by atoms with E-state index in [9.17, 15) is 9.35 Å². The van der Waals surface area contributed by atoms with Crippen LogP contribution in [-0.4, -0.2) is 37.3 Å². The lowest BCUT2D eigenvalue weighted by Crippen LogP contribution is -2.15. The van der Waals surface area contributed by atoms with Gasteiger partial charge < -0.3 is 9.54 Å². The van der Waals surface area contributed by atoms with Gasteiger partial charge in [-0.25, -0.2) is 0 Å². The number of nitrogens with zero attached hydrogens (tertiary/aromatic N) is 2. The summed E-state index contributed by atoms with van der Waals surface area (Å²) in [6.45, 7) is 0. The van der Waals surface area contributed by atoms with E-state index in [1.165, 1.54) is 6.26 Å². The van der Waals surface area contributed by atoms with Crippen molar-refractivity contribution in [3.05, 3.63) is 45.9 Å². The maximum absolute atomic E-state index is 12.5. The molecule has 0 amide bonds. The van der Waals surface area contributed by atoms with E-state index in [1.807, 2.05) is 0 Å². The van der Waals surface area contributed by atoms with Gasteiger partial charge in [0.25, 0.3) is 0 Å². The number of nitrogens with one attached hydrogen (secondary N) is 1. The fraction of sp³-hybridized carbons (Fsp3) is 0.133. The minimum atomic E-state index is -1.23. The van der Waals surface area contributed by atoms with Crippen LogP contribution >= 0.6 is 27.5 Å². The summed E-state index contributed by atoms with van der Waals surface area (Å²) in [6.07, 6.45) is 6.19. The van der Waals surface area contributed by atoms with Crippen LogP contribution in [0.1, 0.15) is 10.5 Å². The molecule has 8 heteroatoms. The van der Waals surface area contributed by atoms with Crippen LogP contribution in [0.15, 0.2) is 35.2 Å². The molecular weight excluding hydrogens is 402 g/mol. The zero-order valence-corrected chi connectivity index (χ0v) is 15.1. The SMILES string of the molecule is C[S+]([O-])CC(=O)c1[nH]c2cc(Br)c(Cl)cc2c1-c1cnccn1. The Hall–Kier alpha value is -1.41. The summed E-state index contributed by atoms with van der Waals surface area (Å²) in [5.41, 5.74) is 2.29. The number of hydrogen-bond donors (Lipinski definition) is 1. The molecule has 0 aliphatic heterocycles. The third-order valence-corrected chi connectivity index (χ3v) is 5.14. The predicted molar refractivity (Wildman–Crippen MR) is 95.3 cm³/mol. The molecule has 2 heterocycles. The van der Waals surface area contributed by atoms with E-state index in [1.54, 1.807) is 30.7 Å². The second kappa shape index (κ2) is 6.60. The molecular formula is C15H11BrClN3O2S. The molecule has 0 fully saturated rings. The smallest absolute Gasteiger partial charge is 0.228 e. The molecule has 1 N–H and O–H groups in total. The molecule has 0 bridgehead atoms. The van der Waals surface area contributed by atoms with Crippen molar-refractivity contribution in [1.29, 1.82) is 0 Å². The summed E-state index contributed by atoms with van der Waals surface area (Å²) in [6, 6.07) is 3.57. The number of Topliss-reactive ketones (excluding diaryl/α,β-unsaturated/α-hetero) is 1. The molecule has 1 unspecified atom stereocenters. The Balaban J connectivity index is 2.28. The number of carbonyl (C=O) groups excluding carboxylic acids is 1. The van der Waals surface area contributed by atoms with Gasteiger partial charge in [0.2, 0.25) is 5.78 Å². The lowest BCUT2D eigenvalue weighted by molar-refractivity contribution is 0.101. The lowest BCUT2D eigenvalue weighted by Gasteiger charge is -2.05. The summed E-state index contributed by atoms with van der Waals surface area (Å²) in [4.78, 5) is 23.9. The Morgan fingerprint density at radius 1 is 1.43 bits per heavy atom. The Labute approximate surface area is 148 Å². The molecule has 0 saturated heterocycles. The minimum absolute atomic E-state index is 0.0605. The van der Waals surface area contributed by atoms with Gasteiger partial charge in [0.15, 0.2) is 5.75 Å². The Kier molecular flexibility index (Phi) is 4.72. The van der Waals surface area contributed by atoms with Crippen LogP contribution in [0.5, 0.6) is 0 Å². The second-order valence-corrected chi connectivity index (χ2v) is 7.61. The van der Waals surface area contributed by atoms with E-state index >= 15 is 0 Å². The van der Waals surface area contributed by atoms with Crippen LogP contribution in [0.25, 0.3) is 22.2 Å². The first-order valence-corrected chi connectivity index (χ1v) is 9.47. The summed E-state index contributed by atoms with van der Waals surface area (Å²) in [5, 5.41) is 1.30. The normalized spacial score (nSPS) is 12.5. The van der Waals surface area contributed by atoms with E-state index in [0.29, 0.717) is 22.0 Å². The van der Waals surface area contributed by atoms with Crippen LogP contribution in [0.3, 0.4) is 0 Å². The van der Waals surface area contributed by atoms with Gasteiger partial charge in [-0.2, -0.15) is 0 Å². The molecule has 3 aromatic rings. The molecule has 0 aliphatic rings. The second-order valence-electron chi connectivity index (χ2n) is 4.92. The van der Waals surface area contributed by atoms with Crippen molar-refractivity contribution in [2.45, 2.75) is 0 Å². The van der Waals surface area contributed by atoms with Crippen LogP contribution < -0.4 is 0 Å². The number of aromatic nitrogens is 3. The van der Waals surface area contributed by atoms with Gasteiger partial charge in [-0.05, 0) is 39.2 Å². The summed E-state index contributed by atoms with van der Waals surface area (Å²) in [7, 11) is 0. The highest BCUT2D eigenvalue weighted by Gasteiger charge is 2.23. The Bertz CT molecular complexity index is 883. The van der Waals surface area contributed by atoms with Gasteiger partial charge in [-0.3, -0.25) is 14.8 Å². The zero-order chi connectivity index (χ0) is 16.6. The number of ketones is 1. The zero-order valence-electron chi connectivity index (χ0n) is 12.0. The molecule has 5 nitrogen and oxygen atoms in total. The third-order valence-electron chi connectivity index (χ3n) is 3.27.